The quantitative estimate of drug-likeness (QED) is 0.911. The molecule has 0 aromatic heterocycles. The molecular weight excluding hydrogens is 252 g/mol. The monoisotopic (exact) mass is 268 g/mol. The Kier molecular flexibility index (Phi) is 3.93. The Morgan fingerprint density at radius 3 is 2.61 bits per heavy atom. The molecule has 1 saturated carbocycles. The molecule has 1 aromatic rings. The second-order valence-electron chi connectivity index (χ2n) is 4.83. The van der Waals surface area contributed by atoms with Crippen molar-refractivity contribution in [2.75, 3.05) is 7.11 Å². The molecule has 0 aliphatic heterocycles. The van der Waals surface area contributed by atoms with Crippen LogP contribution >= 0.6 is 11.6 Å². The van der Waals surface area contributed by atoms with Crippen LogP contribution in [0.5, 0.6) is 0 Å². The minimum atomic E-state index is -0.741. The van der Waals surface area contributed by atoms with Gasteiger partial charge in [0.05, 0.1) is 12.0 Å². The first-order chi connectivity index (χ1) is 8.60. The van der Waals surface area contributed by atoms with Gasteiger partial charge in [-0.1, -0.05) is 36.6 Å². The Bertz CT molecular complexity index is 450. The minimum absolute atomic E-state index is 0.444. The van der Waals surface area contributed by atoms with Crippen molar-refractivity contribution in [2.24, 2.45) is 0 Å². The summed E-state index contributed by atoms with van der Waals surface area (Å²) in [6.07, 6.45) is 3.32. The average molecular weight is 269 g/mol. The zero-order chi connectivity index (χ0) is 13.2. The fraction of sp³-hybridized carbons (Fsp3) is 0.500. The highest BCUT2D eigenvalue weighted by atomic mass is 35.5. The fourth-order valence-corrected chi connectivity index (χ4v) is 2.96. The molecule has 1 fully saturated rings. The molecule has 18 heavy (non-hydrogen) atoms. The topological polar surface area (TPSA) is 46.5 Å². The van der Waals surface area contributed by atoms with Crippen molar-refractivity contribution in [3.05, 3.63) is 34.3 Å². The Morgan fingerprint density at radius 1 is 1.44 bits per heavy atom. The highest BCUT2D eigenvalue weighted by Gasteiger charge is 2.43. The van der Waals surface area contributed by atoms with E-state index in [2.05, 4.69) is 0 Å². The standard InChI is InChI=1S/C14H17ClO3/c1-18-9-10-4-5-11(8-12(10)15)14(13(16)17)6-2-3-7-14/h4-5,8H,2-3,6-7,9H2,1H3,(H,16,17). The Balaban J connectivity index is 2.38. The lowest BCUT2D eigenvalue weighted by Gasteiger charge is -2.25. The number of benzene rings is 1. The van der Waals surface area contributed by atoms with Crippen molar-refractivity contribution in [1.82, 2.24) is 0 Å². The molecule has 0 atom stereocenters. The number of carboxylic acid groups (broad SMARTS) is 1. The molecule has 3 nitrogen and oxygen atoms in total. The molecule has 1 aliphatic carbocycles. The summed E-state index contributed by atoms with van der Waals surface area (Å²) in [7, 11) is 1.61. The number of hydrogen-bond donors (Lipinski definition) is 1. The van der Waals surface area contributed by atoms with Gasteiger partial charge in [-0.05, 0) is 30.0 Å². The van der Waals surface area contributed by atoms with E-state index in [0.717, 1.165) is 24.0 Å². The maximum absolute atomic E-state index is 11.6. The van der Waals surface area contributed by atoms with Crippen LogP contribution < -0.4 is 0 Å². The minimum Gasteiger partial charge on any atom is -0.481 e. The smallest absolute Gasteiger partial charge is 0.314 e. The number of ether oxygens (including phenoxy) is 1. The van der Waals surface area contributed by atoms with E-state index in [1.54, 1.807) is 13.2 Å². The second kappa shape index (κ2) is 5.29. The van der Waals surface area contributed by atoms with Crippen LogP contribution in [0, 0.1) is 0 Å². The molecule has 4 heteroatoms. The van der Waals surface area contributed by atoms with E-state index in [0.29, 0.717) is 24.5 Å². The number of halogens is 1. The maximum Gasteiger partial charge on any atom is 0.314 e. The average Bonchev–Trinajstić information content (AvgIpc) is 2.82. The highest BCUT2D eigenvalue weighted by molar-refractivity contribution is 6.31. The third-order valence-corrected chi connectivity index (χ3v) is 4.12. The molecule has 2 rings (SSSR count). The van der Waals surface area contributed by atoms with Crippen molar-refractivity contribution < 1.29 is 14.6 Å². The van der Waals surface area contributed by atoms with Gasteiger partial charge in [0.15, 0.2) is 0 Å². The van der Waals surface area contributed by atoms with E-state index in [1.807, 2.05) is 12.1 Å². The molecule has 1 aliphatic rings. The van der Waals surface area contributed by atoms with Crippen LogP contribution in [0.4, 0.5) is 0 Å². The Morgan fingerprint density at radius 2 is 2.11 bits per heavy atom. The zero-order valence-corrected chi connectivity index (χ0v) is 11.2. The van der Waals surface area contributed by atoms with E-state index >= 15 is 0 Å². The molecular formula is C14H17ClO3. The van der Waals surface area contributed by atoms with Crippen molar-refractivity contribution in [3.63, 3.8) is 0 Å². The summed E-state index contributed by atoms with van der Waals surface area (Å²) in [5.41, 5.74) is 0.966. The highest BCUT2D eigenvalue weighted by Crippen LogP contribution is 2.42. The van der Waals surface area contributed by atoms with Gasteiger partial charge in [-0.25, -0.2) is 0 Å². The molecule has 0 bridgehead atoms. The second-order valence-corrected chi connectivity index (χ2v) is 5.24. The predicted octanol–water partition coefficient (Wildman–Crippen LogP) is 3.38. The van der Waals surface area contributed by atoms with Crippen LogP contribution in [-0.4, -0.2) is 18.2 Å². The van der Waals surface area contributed by atoms with Crippen LogP contribution in [0.1, 0.15) is 36.8 Å². The lowest BCUT2D eigenvalue weighted by Crippen LogP contribution is -2.32. The lowest BCUT2D eigenvalue weighted by molar-refractivity contribution is -0.143. The molecule has 0 heterocycles. The molecule has 1 N–H and O–H groups in total. The summed E-state index contributed by atoms with van der Waals surface area (Å²) in [5.74, 6) is -0.740. The lowest BCUT2D eigenvalue weighted by atomic mass is 9.79. The first-order valence-corrected chi connectivity index (χ1v) is 6.49. The summed E-state index contributed by atoms with van der Waals surface area (Å²) in [6.45, 7) is 0.444. The predicted molar refractivity (Wildman–Crippen MR) is 69.9 cm³/mol. The van der Waals surface area contributed by atoms with Crippen LogP contribution in [-0.2, 0) is 21.6 Å². The fourth-order valence-electron chi connectivity index (χ4n) is 2.72. The normalized spacial score (nSPS) is 17.9. The van der Waals surface area contributed by atoms with Crippen molar-refractivity contribution in [1.29, 1.82) is 0 Å². The summed E-state index contributed by atoms with van der Waals surface area (Å²) in [4.78, 5) is 11.6. The number of hydrogen-bond acceptors (Lipinski definition) is 2. The molecule has 0 radical (unpaired) electrons. The SMILES string of the molecule is COCc1ccc(C2(C(=O)O)CCCC2)cc1Cl. The number of rotatable bonds is 4. The van der Waals surface area contributed by atoms with Crippen molar-refractivity contribution >= 4 is 17.6 Å². The van der Waals surface area contributed by atoms with Crippen molar-refractivity contribution in [3.8, 4) is 0 Å². The molecule has 1 aromatic carbocycles. The van der Waals surface area contributed by atoms with E-state index in [-0.39, 0.29) is 0 Å². The first kappa shape index (κ1) is 13.4. The van der Waals surface area contributed by atoms with Gasteiger partial charge >= 0.3 is 5.97 Å². The van der Waals surface area contributed by atoms with Crippen LogP contribution in [0.2, 0.25) is 5.02 Å². The summed E-state index contributed by atoms with van der Waals surface area (Å²) in [6, 6.07) is 5.53. The van der Waals surface area contributed by atoms with Crippen LogP contribution in [0.15, 0.2) is 18.2 Å². The molecule has 0 spiro atoms. The van der Waals surface area contributed by atoms with E-state index < -0.39 is 11.4 Å². The van der Waals surface area contributed by atoms with Gasteiger partial charge in [0.1, 0.15) is 0 Å². The number of carbonyl (C=O) groups is 1. The van der Waals surface area contributed by atoms with Gasteiger partial charge in [-0.15, -0.1) is 0 Å². The van der Waals surface area contributed by atoms with E-state index in [4.69, 9.17) is 16.3 Å². The zero-order valence-electron chi connectivity index (χ0n) is 10.4. The van der Waals surface area contributed by atoms with Gasteiger partial charge in [0, 0.05) is 12.1 Å². The van der Waals surface area contributed by atoms with Crippen molar-refractivity contribution in [2.45, 2.75) is 37.7 Å². The number of aliphatic carboxylic acids is 1. The van der Waals surface area contributed by atoms with Gasteiger partial charge in [-0.2, -0.15) is 0 Å². The van der Waals surface area contributed by atoms with E-state index in [1.165, 1.54) is 0 Å². The Labute approximate surface area is 112 Å². The summed E-state index contributed by atoms with van der Waals surface area (Å²) >= 11 is 6.18. The largest absolute Gasteiger partial charge is 0.481 e. The van der Waals surface area contributed by atoms with Gasteiger partial charge < -0.3 is 9.84 Å². The molecule has 98 valence electrons. The van der Waals surface area contributed by atoms with Gasteiger partial charge in [-0.3, -0.25) is 4.79 Å². The third kappa shape index (κ3) is 2.25. The Hall–Kier alpha value is -1.06. The number of methoxy groups -OCH3 is 1. The van der Waals surface area contributed by atoms with E-state index in [9.17, 15) is 9.90 Å². The summed E-state index contributed by atoms with van der Waals surface area (Å²) in [5, 5.41) is 10.1. The maximum atomic E-state index is 11.6. The first-order valence-electron chi connectivity index (χ1n) is 6.11. The van der Waals surface area contributed by atoms with Gasteiger partial charge in [0.2, 0.25) is 0 Å². The third-order valence-electron chi connectivity index (χ3n) is 3.77. The summed E-state index contributed by atoms with van der Waals surface area (Å²) < 4.78 is 5.05. The van der Waals surface area contributed by atoms with Gasteiger partial charge in [0.25, 0.3) is 0 Å². The molecule has 0 unspecified atom stereocenters. The molecule has 0 amide bonds. The van der Waals surface area contributed by atoms with Crippen LogP contribution in [0.25, 0.3) is 0 Å². The number of carboxylic acids is 1. The van der Waals surface area contributed by atoms with Crippen LogP contribution in [0.3, 0.4) is 0 Å². The molecule has 0 saturated heterocycles.